The van der Waals surface area contributed by atoms with Crippen LogP contribution < -0.4 is 4.74 Å². The van der Waals surface area contributed by atoms with Gasteiger partial charge in [0.2, 0.25) is 0 Å². The van der Waals surface area contributed by atoms with Crippen LogP contribution in [0, 0.1) is 45.7 Å². The van der Waals surface area contributed by atoms with E-state index in [1.165, 1.54) is 39.1 Å². The van der Waals surface area contributed by atoms with E-state index in [4.69, 9.17) is 14.8 Å². The fourth-order valence-electron chi connectivity index (χ4n) is 7.78. The Bertz CT molecular complexity index is 2440. The van der Waals surface area contributed by atoms with Gasteiger partial charge in [-0.3, -0.25) is 4.68 Å². The van der Waals surface area contributed by atoms with E-state index in [-0.39, 0.29) is 26.5 Å². The molecule has 3 aromatic heterocycles. The number of ether oxygens (including phenoxy) is 1. The van der Waals surface area contributed by atoms with Gasteiger partial charge < -0.3 is 9.30 Å². The predicted molar refractivity (Wildman–Crippen MR) is 220 cm³/mol. The molecule has 0 amide bonds. The summed E-state index contributed by atoms with van der Waals surface area (Å²) >= 11 is 0. The average Bonchev–Trinajstić information content (AvgIpc) is 3.60. The van der Waals surface area contributed by atoms with Crippen LogP contribution in [0.3, 0.4) is 0 Å². The standard InChI is InChI=1S/C48H52N4O.Pt/c1-11-14-35-21-22-49-45(25-35)51-42-16-13-12-15-40(42)41-19-18-38(29-44(41)51)53-39-27-36(48(8,9)10)26-37(28-39)52-43(20-17-30(2)3)47(34(7)50-52)46-32(5)23-31(4)24-33(46)6;/h12-13,15-16,18-19,21-27,30H,11,14,17,20H2,1-10H3;/q-2;+2. The van der Waals surface area contributed by atoms with Crippen molar-refractivity contribution in [3.8, 4) is 34.1 Å². The van der Waals surface area contributed by atoms with Crippen LogP contribution in [-0.2, 0) is 39.3 Å². The Hall–Kier alpha value is -4.47. The molecule has 0 fully saturated rings. The van der Waals surface area contributed by atoms with Crippen molar-refractivity contribution in [3.63, 3.8) is 0 Å². The molecule has 0 saturated heterocycles. The first-order valence-electron chi connectivity index (χ1n) is 19.2. The van der Waals surface area contributed by atoms with Gasteiger partial charge in [0.1, 0.15) is 5.82 Å². The zero-order valence-electron chi connectivity index (χ0n) is 33.4. The van der Waals surface area contributed by atoms with Crippen molar-refractivity contribution in [2.75, 3.05) is 0 Å². The molecule has 0 radical (unpaired) electrons. The molecule has 6 heteroatoms. The molecule has 4 aromatic carbocycles. The van der Waals surface area contributed by atoms with Crippen molar-refractivity contribution in [2.24, 2.45) is 5.92 Å². The Morgan fingerprint density at radius 3 is 2.24 bits per heavy atom. The zero-order valence-corrected chi connectivity index (χ0v) is 35.7. The summed E-state index contributed by atoms with van der Waals surface area (Å²) in [5.41, 5.74) is 13.8. The van der Waals surface area contributed by atoms with E-state index in [1.54, 1.807) is 0 Å². The van der Waals surface area contributed by atoms with Gasteiger partial charge >= 0.3 is 21.1 Å². The monoisotopic (exact) mass is 895 g/mol. The van der Waals surface area contributed by atoms with Gasteiger partial charge in [0, 0.05) is 34.5 Å². The van der Waals surface area contributed by atoms with Crippen molar-refractivity contribution in [1.82, 2.24) is 19.3 Å². The number of nitrogens with zero attached hydrogens (tertiary/aromatic N) is 4. The first-order valence-corrected chi connectivity index (χ1v) is 19.2. The molecular formula is C48H52N4OPt. The minimum Gasteiger partial charge on any atom is -0.509 e. The second-order valence-corrected chi connectivity index (χ2v) is 16.2. The normalized spacial score (nSPS) is 11.8. The Balaban J connectivity index is 0.00000497. The van der Waals surface area contributed by atoms with Crippen molar-refractivity contribution >= 4 is 21.8 Å². The quantitative estimate of drug-likeness (QED) is 0.129. The third kappa shape index (κ3) is 7.71. The summed E-state index contributed by atoms with van der Waals surface area (Å²) in [4.78, 5) is 4.83. The molecule has 0 spiro atoms. The summed E-state index contributed by atoms with van der Waals surface area (Å²) in [6.45, 7) is 22.3. The van der Waals surface area contributed by atoms with Crippen LogP contribution in [0.15, 0.2) is 79.0 Å². The summed E-state index contributed by atoms with van der Waals surface area (Å²) in [6, 6.07) is 33.2. The first kappa shape index (κ1) is 39.2. The molecule has 0 aliphatic rings. The van der Waals surface area contributed by atoms with Crippen LogP contribution in [0.4, 0.5) is 0 Å². The van der Waals surface area contributed by atoms with Crippen LogP contribution in [0.5, 0.6) is 11.5 Å². The van der Waals surface area contributed by atoms with Gasteiger partial charge in [0.15, 0.2) is 0 Å². The van der Waals surface area contributed by atoms with Gasteiger partial charge in [-0.25, -0.2) is 4.98 Å². The van der Waals surface area contributed by atoms with E-state index in [1.807, 2.05) is 12.3 Å². The van der Waals surface area contributed by atoms with Crippen LogP contribution in [0.25, 0.3) is 44.4 Å². The van der Waals surface area contributed by atoms with Crippen molar-refractivity contribution in [1.29, 1.82) is 0 Å². The topological polar surface area (TPSA) is 44.9 Å². The molecule has 0 bridgehead atoms. The minimum atomic E-state index is -0.134. The molecule has 3 heterocycles. The summed E-state index contributed by atoms with van der Waals surface area (Å²) in [5, 5.41) is 7.53. The van der Waals surface area contributed by atoms with Gasteiger partial charge in [0.05, 0.1) is 5.69 Å². The maximum atomic E-state index is 6.76. The summed E-state index contributed by atoms with van der Waals surface area (Å²) in [7, 11) is 0. The SMILES string of the molecule is CCCc1ccnc(-n2c3[c-]c(Oc4[c-]c(-n5nc(C)c(-c6c(C)cc(C)cc6C)c5CCC(C)C)cc(C(C)(C)C)c4)ccc3c3ccccc32)c1.[Pt+2]. The van der Waals surface area contributed by atoms with E-state index < -0.39 is 0 Å². The van der Waals surface area contributed by atoms with Crippen molar-refractivity contribution in [3.05, 3.63) is 130 Å². The number of pyridine rings is 1. The van der Waals surface area contributed by atoms with Crippen LogP contribution in [0.1, 0.15) is 93.6 Å². The number of aromatic nitrogens is 4. The van der Waals surface area contributed by atoms with Crippen LogP contribution in [-0.4, -0.2) is 19.3 Å². The van der Waals surface area contributed by atoms with Crippen molar-refractivity contribution < 1.29 is 25.8 Å². The molecule has 0 aliphatic heterocycles. The van der Waals surface area contributed by atoms with Crippen molar-refractivity contribution in [2.45, 2.75) is 100 Å². The first-order chi connectivity index (χ1) is 25.3. The van der Waals surface area contributed by atoms with Crippen LogP contribution in [0.2, 0.25) is 0 Å². The van der Waals surface area contributed by atoms with E-state index in [2.05, 4.69) is 157 Å². The second-order valence-electron chi connectivity index (χ2n) is 16.2. The maximum absolute atomic E-state index is 6.76. The summed E-state index contributed by atoms with van der Waals surface area (Å²) in [5.74, 6) is 2.71. The van der Waals surface area contributed by atoms with E-state index >= 15 is 0 Å². The third-order valence-corrected chi connectivity index (χ3v) is 10.3. The molecule has 0 N–H and O–H groups in total. The molecule has 5 nitrogen and oxygen atoms in total. The fraction of sp³-hybridized carbons (Fsp3) is 0.333. The van der Waals surface area contributed by atoms with Gasteiger partial charge in [-0.15, -0.1) is 41.3 Å². The molecule has 0 unspecified atom stereocenters. The van der Waals surface area contributed by atoms with E-state index in [0.717, 1.165) is 70.3 Å². The Morgan fingerprint density at radius 2 is 1.54 bits per heavy atom. The van der Waals surface area contributed by atoms with Gasteiger partial charge in [-0.05, 0) is 110 Å². The zero-order chi connectivity index (χ0) is 37.6. The maximum Gasteiger partial charge on any atom is 2.00 e. The van der Waals surface area contributed by atoms with Crippen LogP contribution >= 0.6 is 0 Å². The van der Waals surface area contributed by atoms with Gasteiger partial charge in [-0.1, -0.05) is 89.4 Å². The number of rotatable bonds is 10. The fourth-order valence-corrected chi connectivity index (χ4v) is 7.78. The minimum absolute atomic E-state index is 0. The molecule has 7 aromatic rings. The number of benzene rings is 4. The molecule has 0 saturated carbocycles. The Labute approximate surface area is 336 Å². The number of fused-ring (bicyclic) bond motifs is 3. The molecular weight excluding hydrogens is 844 g/mol. The third-order valence-electron chi connectivity index (χ3n) is 10.3. The second kappa shape index (κ2) is 15.7. The van der Waals surface area contributed by atoms with E-state index in [9.17, 15) is 0 Å². The largest absolute Gasteiger partial charge is 2.00 e. The molecule has 0 aliphatic carbocycles. The predicted octanol–water partition coefficient (Wildman–Crippen LogP) is 12.5. The average molecular weight is 896 g/mol. The number of aryl methyl sites for hydroxylation is 5. The summed E-state index contributed by atoms with van der Waals surface area (Å²) < 4.78 is 11.1. The molecule has 7 rings (SSSR count). The smallest absolute Gasteiger partial charge is 0.509 e. The molecule has 54 heavy (non-hydrogen) atoms. The Kier molecular flexibility index (Phi) is 11.4. The number of para-hydroxylation sites is 1. The van der Waals surface area contributed by atoms with E-state index in [0.29, 0.717) is 17.4 Å². The number of hydrogen-bond acceptors (Lipinski definition) is 3. The van der Waals surface area contributed by atoms with Gasteiger partial charge in [-0.2, -0.15) is 11.2 Å². The summed E-state index contributed by atoms with van der Waals surface area (Å²) in [6.07, 6.45) is 5.97. The molecule has 0 atom stereocenters. The number of hydrogen-bond donors (Lipinski definition) is 0. The van der Waals surface area contributed by atoms with Gasteiger partial charge in [0.25, 0.3) is 0 Å². The molecule has 280 valence electrons. The Morgan fingerprint density at radius 1 is 0.796 bits per heavy atom.